The standard InChI is InChI=1S/C10H24N2O4/c13-5-1-11-3-7-15-9-10-16-8-4-12-2-6-14/h11-14H,1-10H2. The molecular formula is C10H24N2O4. The maximum absolute atomic E-state index is 8.48. The van der Waals surface area contributed by atoms with Gasteiger partial charge in [-0.25, -0.2) is 0 Å². The van der Waals surface area contributed by atoms with Gasteiger partial charge in [-0.3, -0.25) is 0 Å². The molecule has 0 saturated heterocycles. The third-order valence-corrected chi connectivity index (χ3v) is 1.80. The molecule has 0 aliphatic heterocycles. The monoisotopic (exact) mass is 236 g/mol. The molecule has 0 fully saturated rings. The molecule has 0 aliphatic carbocycles. The fraction of sp³-hybridized carbons (Fsp3) is 1.00. The van der Waals surface area contributed by atoms with Crippen LogP contribution in [0.4, 0.5) is 0 Å². The molecule has 0 radical (unpaired) electrons. The number of hydrogen-bond donors (Lipinski definition) is 4. The normalized spacial score (nSPS) is 10.9. The summed E-state index contributed by atoms with van der Waals surface area (Å²) in [7, 11) is 0. The molecule has 0 aliphatic rings. The molecular weight excluding hydrogens is 212 g/mol. The molecule has 98 valence electrons. The fourth-order valence-corrected chi connectivity index (χ4v) is 1.02. The Morgan fingerprint density at radius 3 is 1.44 bits per heavy atom. The van der Waals surface area contributed by atoms with Crippen molar-refractivity contribution in [2.45, 2.75) is 0 Å². The Balaban J connectivity index is 2.83. The number of nitrogens with one attached hydrogen (secondary N) is 2. The highest BCUT2D eigenvalue weighted by atomic mass is 16.5. The van der Waals surface area contributed by atoms with Crippen molar-refractivity contribution in [1.29, 1.82) is 0 Å². The number of aliphatic hydroxyl groups is 2. The molecule has 0 rings (SSSR count). The lowest BCUT2D eigenvalue weighted by Gasteiger charge is -2.06. The zero-order valence-corrected chi connectivity index (χ0v) is 9.78. The van der Waals surface area contributed by atoms with E-state index in [9.17, 15) is 0 Å². The highest BCUT2D eigenvalue weighted by Crippen LogP contribution is 1.77. The molecule has 0 aromatic rings. The topological polar surface area (TPSA) is 83.0 Å². The zero-order valence-electron chi connectivity index (χ0n) is 9.78. The van der Waals surface area contributed by atoms with E-state index in [0.29, 0.717) is 39.5 Å². The molecule has 6 nitrogen and oxygen atoms in total. The summed E-state index contributed by atoms with van der Waals surface area (Å²) in [5.41, 5.74) is 0. The van der Waals surface area contributed by atoms with Crippen molar-refractivity contribution in [3.8, 4) is 0 Å². The Morgan fingerprint density at radius 2 is 1.06 bits per heavy atom. The largest absolute Gasteiger partial charge is 0.395 e. The minimum absolute atomic E-state index is 0.157. The van der Waals surface area contributed by atoms with E-state index in [0.717, 1.165) is 13.1 Å². The Bertz CT molecular complexity index is 113. The zero-order chi connectivity index (χ0) is 11.9. The van der Waals surface area contributed by atoms with Crippen molar-refractivity contribution < 1.29 is 19.7 Å². The number of hydrogen-bond acceptors (Lipinski definition) is 6. The van der Waals surface area contributed by atoms with Gasteiger partial charge in [0.15, 0.2) is 0 Å². The lowest BCUT2D eigenvalue weighted by atomic mass is 10.6. The first-order valence-electron chi connectivity index (χ1n) is 5.70. The fourth-order valence-electron chi connectivity index (χ4n) is 1.02. The summed E-state index contributed by atoms with van der Waals surface area (Å²) in [6.45, 7) is 5.46. The molecule has 0 bridgehead atoms. The van der Waals surface area contributed by atoms with Crippen molar-refractivity contribution in [1.82, 2.24) is 10.6 Å². The number of ether oxygens (including phenoxy) is 2. The Labute approximate surface area is 96.9 Å². The molecule has 0 aromatic carbocycles. The third kappa shape index (κ3) is 13.8. The summed E-state index contributed by atoms with van der Waals surface area (Å²) in [5, 5.41) is 23.0. The lowest BCUT2D eigenvalue weighted by molar-refractivity contribution is 0.0495. The van der Waals surface area contributed by atoms with Crippen LogP contribution in [0.5, 0.6) is 0 Å². The summed E-state index contributed by atoms with van der Waals surface area (Å²) in [6, 6.07) is 0. The van der Waals surface area contributed by atoms with E-state index < -0.39 is 0 Å². The SMILES string of the molecule is OCCNCCOCCOCCNCCO. The Morgan fingerprint density at radius 1 is 0.625 bits per heavy atom. The van der Waals surface area contributed by atoms with Crippen LogP contribution in [-0.2, 0) is 9.47 Å². The summed E-state index contributed by atoms with van der Waals surface area (Å²) in [5.74, 6) is 0. The van der Waals surface area contributed by atoms with E-state index in [2.05, 4.69) is 10.6 Å². The molecule has 0 unspecified atom stereocenters. The summed E-state index contributed by atoms with van der Waals surface area (Å²) < 4.78 is 10.6. The summed E-state index contributed by atoms with van der Waals surface area (Å²) in [6.07, 6.45) is 0. The van der Waals surface area contributed by atoms with Gasteiger partial charge in [-0.1, -0.05) is 0 Å². The molecule has 0 spiro atoms. The van der Waals surface area contributed by atoms with Gasteiger partial charge in [-0.15, -0.1) is 0 Å². The van der Waals surface area contributed by atoms with Crippen molar-refractivity contribution in [3.05, 3.63) is 0 Å². The predicted molar refractivity (Wildman–Crippen MR) is 61.5 cm³/mol. The molecule has 4 N–H and O–H groups in total. The van der Waals surface area contributed by atoms with Gasteiger partial charge in [0.1, 0.15) is 0 Å². The van der Waals surface area contributed by atoms with Crippen molar-refractivity contribution in [3.63, 3.8) is 0 Å². The van der Waals surface area contributed by atoms with E-state index in [1.165, 1.54) is 0 Å². The predicted octanol–water partition coefficient (Wildman–Crippen LogP) is -1.82. The average molecular weight is 236 g/mol. The lowest BCUT2D eigenvalue weighted by Crippen LogP contribution is -2.25. The Kier molecular flexibility index (Phi) is 14.5. The molecule has 0 atom stereocenters. The average Bonchev–Trinajstić information content (AvgIpc) is 2.31. The van der Waals surface area contributed by atoms with E-state index in [-0.39, 0.29) is 13.2 Å². The molecule has 0 aromatic heterocycles. The number of rotatable bonds is 13. The first-order valence-corrected chi connectivity index (χ1v) is 5.70. The van der Waals surface area contributed by atoms with Crippen LogP contribution in [0.3, 0.4) is 0 Å². The van der Waals surface area contributed by atoms with Gasteiger partial charge in [0, 0.05) is 26.2 Å². The van der Waals surface area contributed by atoms with Crippen molar-refractivity contribution >= 4 is 0 Å². The van der Waals surface area contributed by atoms with Crippen LogP contribution >= 0.6 is 0 Å². The first kappa shape index (κ1) is 15.8. The van der Waals surface area contributed by atoms with Gasteiger partial charge < -0.3 is 30.3 Å². The quantitative estimate of drug-likeness (QED) is 0.282. The molecule has 0 amide bonds. The van der Waals surface area contributed by atoms with E-state index in [1.807, 2.05) is 0 Å². The second-order valence-electron chi connectivity index (χ2n) is 3.17. The second kappa shape index (κ2) is 14.8. The van der Waals surface area contributed by atoms with Crippen LogP contribution in [0.1, 0.15) is 0 Å². The van der Waals surface area contributed by atoms with Crippen LogP contribution < -0.4 is 10.6 Å². The van der Waals surface area contributed by atoms with Gasteiger partial charge in [-0.2, -0.15) is 0 Å². The molecule has 0 saturated carbocycles. The molecule has 16 heavy (non-hydrogen) atoms. The van der Waals surface area contributed by atoms with Crippen LogP contribution in [0.15, 0.2) is 0 Å². The maximum Gasteiger partial charge on any atom is 0.0701 e. The summed E-state index contributed by atoms with van der Waals surface area (Å²) >= 11 is 0. The smallest absolute Gasteiger partial charge is 0.0701 e. The van der Waals surface area contributed by atoms with Crippen LogP contribution in [0.2, 0.25) is 0 Å². The molecule has 0 heterocycles. The van der Waals surface area contributed by atoms with Gasteiger partial charge in [0.2, 0.25) is 0 Å². The van der Waals surface area contributed by atoms with E-state index in [4.69, 9.17) is 19.7 Å². The minimum atomic E-state index is 0.157. The van der Waals surface area contributed by atoms with Gasteiger partial charge >= 0.3 is 0 Å². The van der Waals surface area contributed by atoms with Crippen molar-refractivity contribution in [2.75, 3.05) is 65.8 Å². The van der Waals surface area contributed by atoms with Crippen LogP contribution in [0, 0.1) is 0 Å². The van der Waals surface area contributed by atoms with Gasteiger partial charge in [0.25, 0.3) is 0 Å². The highest BCUT2D eigenvalue weighted by Gasteiger charge is 1.90. The van der Waals surface area contributed by atoms with Crippen LogP contribution in [-0.4, -0.2) is 76.0 Å². The highest BCUT2D eigenvalue weighted by molar-refractivity contribution is 4.45. The van der Waals surface area contributed by atoms with Gasteiger partial charge in [-0.05, 0) is 0 Å². The summed E-state index contributed by atoms with van der Waals surface area (Å²) in [4.78, 5) is 0. The van der Waals surface area contributed by atoms with E-state index in [1.54, 1.807) is 0 Å². The maximum atomic E-state index is 8.48. The third-order valence-electron chi connectivity index (χ3n) is 1.80. The number of aliphatic hydroxyl groups excluding tert-OH is 2. The van der Waals surface area contributed by atoms with Crippen LogP contribution in [0.25, 0.3) is 0 Å². The van der Waals surface area contributed by atoms with Gasteiger partial charge in [0.05, 0.1) is 39.6 Å². The molecule has 6 heteroatoms. The first-order chi connectivity index (χ1) is 7.91. The second-order valence-corrected chi connectivity index (χ2v) is 3.17. The Hall–Kier alpha value is -0.240. The van der Waals surface area contributed by atoms with Crippen molar-refractivity contribution in [2.24, 2.45) is 0 Å². The van der Waals surface area contributed by atoms with E-state index >= 15 is 0 Å². The minimum Gasteiger partial charge on any atom is -0.395 e.